The first kappa shape index (κ1) is 15.1. The molecule has 0 unspecified atom stereocenters. The van der Waals surface area contributed by atoms with E-state index in [1.807, 2.05) is 20.1 Å². The monoisotopic (exact) mass is 265 g/mol. The summed E-state index contributed by atoms with van der Waals surface area (Å²) in [5.41, 5.74) is 3.34. The third kappa shape index (κ3) is 4.37. The lowest BCUT2D eigenvalue weighted by Gasteiger charge is -2.07. The fourth-order valence-electron chi connectivity index (χ4n) is 2.10. The van der Waals surface area contributed by atoms with Gasteiger partial charge in [-0.3, -0.25) is 0 Å². The molecule has 2 nitrogen and oxygen atoms in total. The number of aryl methyl sites for hydroxylation is 3. The van der Waals surface area contributed by atoms with E-state index in [9.17, 15) is 4.21 Å². The minimum Gasteiger partial charge on any atom is -0.229 e. The predicted molar refractivity (Wildman–Crippen MR) is 79.7 cm³/mol. The van der Waals surface area contributed by atoms with Gasteiger partial charge in [-0.05, 0) is 44.7 Å². The maximum atomic E-state index is 12.1. The minimum absolute atomic E-state index is 0.868. The van der Waals surface area contributed by atoms with Gasteiger partial charge < -0.3 is 0 Å². The summed E-state index contributed by atoms with van der Waals surface area (Å²) in [4.78, 5) is 0.868. The molecule has 1 atom stereocenters. The molecule has 1 aromatic carbocycles. The van der Waals surface area contributed by atoms with Gasteiger partial charge in [0.15, 0.2) is 11.0 Å². The quantitative estimate of drug-likeness (QED) is 0.557. The summed E-state index contributed by atoms with van der Waals surface area (Å²) in [6, 6.07) is 4.12. The van der Waals surface area contributed by atoms with Gasteiger partial charge in [0, 0.05) is 6.21 Å². The molecule has 0 aliphatic rings. The van der Waals surface area contributed by atoms with Gasteiger partial charge in [-0.15, -0.1) is 0 Å². The van der Waals surface area contributed by atoms with Crippen molar-refractivity contribution < 1.29 is 4.21 Å². The standard InChI is InChI=1S/C15H23NOS/c1-5-6-7-8-9-16-18(17)15-13(3)10-12(2)11-14(15)4/h9-11H,5-8H2,1-4H3/b16-9+/t18-/m0/s1. The second kappa shape index (κ2) is 7.47. The molecular formula is C15H23NOS. The normalized spacial score (nSPS) is 13.1. The van der Waals surface area contributed by atoms with E-state index in [0.717, 1.165) is 28.9 Å². The Kier molecular flexibility index (Phi) is 6.27. The van der Waals surface area contributed by atoms with E-state index in [1.165, 1.54) is 18.4 Å². The highest BCUT2D eigenvalue weighted by Gasteiger charge is 2.09. The average molecular weight is 265 g/mol. The summed E-state index contributed by atoms with van der Waals surface area (Å²) in [5, 5.41) is 0. The smallest absolute Gasteiger partial charge is 0.172 e. The van der Waals surface area contributed by atoms with Crippen LogP contribution in [0.2, 0.25) is 0 Å². The molecule has 1 rings (SSSR count). The molecule has 0 aliphatic carbocycles. The van der Waals surface area contributed by atoms with Gasteiger partial charge in [0.25, 0.3) is 0 Å². The van der Waals surface area contributed by atoms with Crippen LogP contribution in [-0.2, 0) is 11.0 Å². The van der Waals surface area contributed by atoms with E-state index in [4.69, 9.17) is 0 Å². The van der Waals surface area contributed by atoms with Crippen LogP contribution in [0.1, 0.15) is 49.3 Å². The molecule has 0 aromatic heterocycles. The van der Waals surface area contributed by atoms with Crippen LogP contribution in [0.3, 0.4) is 0 Å². The number of hydrogen-bond acceptors (Lipinski definition) is 1. The first-order chi connectivity index (χ1) is 8.56. The maximum Gasteiger partial charge on any atom is 0.172 e. The van der Waals surface area contributed by atoms with Crippen LogP contribution in [0, 0.1) is 20.8 Å². The third-order valence-electron chi connectivity index (χ3n) is 2.89. The van der Waals surface area contributed by atoms with Gasteiger partial charge in [0.2, 0.25) is 0 Å². The first-order valence-corrected chi connectivity index (χ1v) is 7.69. The average Bonchev–Trinajstić information content (AvgIpc) is 2.27. The van der Waals surface area contributed by atoms with Crippen LogP contribution in [0.5, 0.6) is 0 Å². The Balaban J connectivity index is 2.73. The number of hydrogen-bond donors (Lipinski definition) is 0. The highest BCUT2D eigenvalue weighted by atomic mass is 32.2. The van der Waals surface area contributed by atoms with Crippen molar-refractivity contribution in [3.63, 3.8) is 0 Å². The van der Waals surface area contributed by atoms with Gasteiger partial charge >= 0.3 is 0 Å². The lowest BCUT2D eigenvalue weighted by atomic mass is 10.1. The summed E-state index contributed by atoms with van der Waals surface area (Å²) in [6.45, 7) is 8.23. The third-order valence-corrected chi connectivity index (χ3v) is 4.22. The Labute approximate surface area is 113 Å². The molecule has 18 heavy (non-hydrogen) atoms. The Bertz CT molecular complexity index is 429. The molecule has 1 aromatic rings. The minimum atomic E-state index is -1.25. The molecule has 0 heterocycles. The molecule has 0 radical (unpaired) electrons. The van der Waals surface area contributed by atoms with Crippen molar-refractivity contribution in [3.05, 3.63) is 28.8 Å². The van der Waals surface area contributed by atoms with Crippen molar-refractivity contribution in [1.82, 2.24) is 0 Å². The molecule has 100 valence electrons. The topological polar surface area (TPSA) is 29.4 Å². The van der Waals surface area contributed by atoms with E-state index in [2.05, 4.69) is 30.4 Å². The van der Waals surface area contributed by atoms with Gasteiger partial charge in [-0.1, -0.05) is 37.5 Å². The molecule has 0 saturated heterocycles. The highest BCUT2D eigenvalue weighted by Crippen LogP contribution is 2.20. The van der Waals surface area contributed by atoms with Crippen LogP contribution < -0.4 is 0 Å². The highest BCUT2D eigenvalue weighted by molar-refractivity contribution is 7.84. The Morgan fingerprint density at radius 1 is 1.17 bits per heavy atom. The summed E-state index contributed by atoms with van der Waals surface area (Å²) in [7, 11) is -1.25. The van der Waals surface area contributed by atoms with Crippen molar-refractivity contribution in [3.8, 4) is 0 Å². The Morgan fingerprint density at radius 3 is 2.33 bits per heavy atom. The van der Waals surface area contributed by atoms with E-state index >= 15 is 0 Å². The molecule has 0 N–H and O–H groups in total. The SMILES string of the molecule is CCCCC/C=N/[S@@](=O)c1c(C)cc(C)cc1C. The van der Waals surface area contributed by atoms with E-state index in [0.29, 0.717) is 0 Å². The van der Waals surface area contributed by atoms with Crippen molar-refractivity contribution in [2.45, 2.75) is 58.3 Å². The largest absolute Gasteiger partial charge is 0.229 e. The van der Waals surface area contributed by atoms with Crippen LogP contribution in [0.15, 0.2) is 21.4 Å². The van der Waals surface area contributed by atoms with E-state index < -0.39 is 11.0 Å². The second-order valence-corrected chi connectivity index (χ2v) is 5.88. The molecule has 0 spiro atoms. The molecule has 0 saturated carbocycles. The Morgan fingerprint density at radius 2 is 1.78 bits per heavy atom. The maximum absolute atomic E-state index is 12.1. The first-order valence-electron chi connectivity index (χ1n) is 6.58. The molecule has 0 aliphatic heterocycles. The number of benzene rings is 1. The molecule has 0 fully saturated rings. The second-order valence-electron chi connectivity index (χ2n) is 4.76. The number of unbranched alkanes of at least 4 members (excludes halogenated alkanes) is 3. The molecule has 3 heteroatoms. The molecular weight excluding hydrogens is 242 g/mol. The van der Waals surface area contributed by atoms with Gasteiger partial charge in [-0.25, -0.2) is 4.21 Å². The lowest BCUT2D eigenvalue weighted by molar-refractivity contribution is 0.683. The van der Waals surface area contributed by atoms with Crippen LogP contribution in [0.25, 0.3) is 0 Å². The lowest BCUT2D eigenvalue weighted by Crippen LogP contribution is -1.97. The summed E-state index contributed by atoms with van der Waals surface area (Å²) in [6.07, 6.45) is 6.27. The van der Waals surface area contributed by atoms with Gasteiger partial charge in [0.1, 0.15) is 0 Å². The molecule has 0 amide bonds. The fraction of sp³-hybridized carbons (Fsp3) is 0.533. The van der Waals surface area contributed by atoms with E-state index in [-0.39, 0.29) is 0 Å². The zero-order chi connectivity index (χ0) is 13.5. The summed E-state index contributed by atoms with van der Waals surface area (Å²) < 4.78 is 16.3. The van der Waals surface area contributed by atoms with E-state index in [1.54, 1.807) is 0 Å². The predicted octanol–water partition coefficient (Wildman–Crippen LogP) is 4.29. The molecule has 0 bridgehead atoms. The van der Waals surface area contributed by atoms with Crippen LogP contribution in [-0.4, -0.2) is 10.4 Å². The summed E-state index contributed by atoms with van der Waals surface area (Å²) in [5.74, 6) is 0. The number of rotatable bonds is 6. The van der Waals surface area contributed by atoms with Crippen molar-refractivity contribution >= 4 is 17.2 Å². The van der Waals surface area contributed by atoms with Crippen molar-refractivity contribution in [1.29, 1.82) is 0 Å². The zero-order valence-corrected chi connectivity index (χ0v) is 12.6. The van der Waals surface area contributed by atoms with Crippen molar-refractivity contribution in [2.24, 2.45) is 4.40 Å². The van der Waals surface area contributed by atoms with Gasteiger partial charge in [0.05, 0.1) is 4.90 Å². The summed E-state index contributed by atoms with van der Waals surface area (Å²) >= 11 is 0. The Hall–Kier alpha value is -0.960. The van der Waals surface area contributed by atoms with Gasteiger partial charge in [-0.2, -0.15) is 4.40 Å². The van der Waals surface area contributed by atoms with Crippen LogP contribution >= 0.6 is 0 Å². The zero-order valence-electron chi connectivity index (χ0n) is 11.8. The fourth-order valence-corrected chi connectivity index (χ4v) is 3.12. The van der Waals surface area contributed by atoms with Crippen LogP contribution in [0.4, 0.5) is 0 Å². The van der Waals surface area contributed by atoms with Crippen molar-refractivity contribution in [2.75, 3.05) is 0 Å². The number of nitrogens with zero attached hydrogens (tertiary/aromatic N) is 1.